The van der Waals surface area contributed by atoms with E-state index in [1.165, 1.54) is 6.42 Å². The van der Waals surface area contributed by atoms with E-state index < -0.39 is 5.60 Å². The number of hydrogen-bond donors (Lipinski definition) is 1. The van der Waals surface area contributed by atoms with Crippen LogP contribution in [0.3, 0.4) is 0 Å². The van der Waals surface area contributed by atoms with Crippen molar-refractivity contribution in [3.05, 3.63) is 30.3 Å². The largest absolute Gasteiger partial charge is 0.491 e. The second-order valence-corrected chi connectivity index (χ2v) is 6.43. The average molecular weight is 318 g/mol. The van der Waals surface area contributed by atoms with Gasteiger partial charge in [-0.3, -0.25) is 4.79 Å². The van der Waals surface area contributed by atoms with Gasteiger partial charge < -0.3 is 19.7 Å². The molecule has 5 heteroatoms. The second-order valence-electron chi connectivity index (χ2n) is 6.43. The summed E-state index contributed by atoms with van der Waals surface area (Å²) >= 11 is 0. The molecule has 2 aliphatic rings. The molecule has 2 saturated heterocycles. The first-order chi connectivity index (χ1) is 11.3. The van der Waals surface area contributed by atoms with Crippen LogP contribution in [0, 0.1) is 0 Å². The zero-order chi connectivity index (χ0) is 16.0. The van der Waals surface area contributed by atoms with Gasteiger partial charge in [0, 0.05) is 26.2 Å². The van der Waals surface area contributed by atoms with E-state index in [4.69, 9.17) is 9.47 Å². The lowest BCUT2D eigenvalue weighted by atomic mass is 9.97. The Morgan fingerprint density at radius 3 is 2.70 bits per heavy atom. The minimum Gasteiger partial charge on any atom is -0.491 e. The Balaban J connectivity index is 1.62. The van der Waals surface area contributed by atoms with Crippen molar-refractivity contribution in [1.29, 1.82) is 0 Å². The standard InChI is InChI=1S/C18H26N2O3/c21-17(20-10-5-2-6-11-20)13-18(14-19-9-12-23-18)15-22-16-7-3-1-4-8-16/h1,3-4,7-8,19H,2,5-6,9-15H2. The zero-order valence-corrected chi connectivity index (χ0v) is 13.6. The SMILES string of the molecule is O=C(CC1(COc2ccccc2)CNCCO1)N1CCCCC1. The van der Waals surface area contributed by atoms with Gasteiger partial charge in [-0.05, 0) is 31.4 Å². The number of nitrogens with zero attached hydrogens (tertiary/aromatic N) is 1. The Bertz CT molecular complexity index is 494. The summed E-state index contributed by atoms with van der Waals surface area (Å²) < 4.78 is 11.9. The van der Waals surface area contributed by atoms with E-state index in [0.717, 1.165) is 38.2 Å². The molecule has 0 spiro atoms. The molecule has 0 aliphatic carbocycles. The fraction of sp³-hybridized carbons (Fsp3) is 0.611. The molecule has 5 nitrogen and oxygen atoms in total. The van der Waals surface area contributed by atoms with Crippen molar-refractivity contribution in [3.63, 3.8) is 0 Å². The maximum Gasteiger partial charge on any atom is 0.225 e. The van der Waals surface area contributed by atoms with E-state index >= 15 is 0 Å². The molecule has 2 aliphatic heterocycles. The van der Waals surface area contributed by atoms with Gasteiger partial charge in [0.1, 0.15) is 18.0 Å². The smallest absolute Gasteiger partial charge is 0.225 e. The number of para-hydroxylation sites is 1. The first-order valence-electron chi connectivity index (χ1n) is 8.58. The molecule has 1 aromatic carbocycles. The van der Waals surface area contributed by atoms with Gasteiger partial charge in [-0.15, -0.1) is 0 Å². The molecule has 2 heterocycles. The zero-order valence-electron chi connectivity index (χ0n) is 13.6. The van der Waals surface area contributed by atoms with Crippen LogP contribution in [0.1, 0.15) is 25.7 Å². The van der Waals surface area contributed by atoms with E-state index in [-0.39, 0.29) is 5.91 Å². The Morgan fingerprint density at radius 2 is 2.00 bits per heavy atom. The van der Waals surface area contributed by atoms with Crippen molar-refractivity contribution < 1.29 is 14.3 Å². The monoisotopic (exact) mass is 318 g/mol. The summed E-state index contributed by atoms with van der Waals surface area (Å²) in [6.07, 6.45) is 3.83. The highest BCUT2D eigenvalue weighted by Crippen LogP contribution is 2.23. The maximum atomic E-state index is 12.6. The number of rotatable bonds is 5. The number of hydrogen-bond acceptors (Lipinski definition) is 4. The number of morpholine rings is 1. The maximum absolute atomic E-state index is 12.6. The van der Waals surface area contributed by atoms with Crippen LogP contribution in [0.4, 0.5) is 0 Å². The van der Waals surface area contributed by atoms with Gasteiger partial charge in [0.25, 0.3) is 0 Å². The number of ether oxygens (including phenoxy) is 2. The van der Waals surface area contributed by atoms with Crippen molar-refractivity contribution in [1.82, 2.24) is 10.2 Å². The first kappa shape index (κ1) is 16.3. The highest BCUT2D eigenvalue weighted by atomic mass is 16.5. The van der Waals surface area contributed by atoms with Crippen LogP contribution in [0.25, 0.3) is 0 Å². The minimum absolute atomic E-state index is 0.185. The van der Waals surface area contributed by atoms with Crippen LogP contribution in [0.2, 0.25) is 0 Å². The molecule has 1 unspecified atom stereocenters. The highest BCUT2D eigenvalue weighted by Gasteiger charge is 2.38. The molecule has 1 amide bonds. The van der Waals surface area contributed by atoms with E-state index in [9.17, 15) is 4.79 Å². The van der Waals surface area contributed by atoms with E-state index in [2.05, 4.69) is 5.32 Å². The van der Waals surface area contributed by atoms with Crippen molar-refractivity contribution in [2.75, 3.05) is 39.4 Å². The summed E-state index contributed by atoms with van der Waals surface area (Å²) in [7, 11) is 0. The quantitative estimate of drug-likeness (QED) is 0.900. The van der Waals surface area contributed by atoms with Crippen LogP contribution in [0.5, 0.6) is 5.75 Å². The number of carbonyl (C=O) groups excluding carboxylic acids is 1. The Kier molecular flexibility index (Phi) is 5.51. The van der Waals surface area contributed by atoms with Gasteiger partial charge in [-0.25, -0.2) is 0 Å². The molecular weight excluding hydrogens is 292 g/mol. The van der Waals surface area contributed by atoms with E-state index in [1.54, 1.807) is 0 Å². The van der Waals surface area contributed by atoms with Crippen LogP contribution in [0.15, 0.2) is 30.3 Å². The predicted octanol–water partition coefficient (Wildman–Crippen LogP) is 1.83. The summed E-state index contributed by atoms with van der Waals surface area (Å²) in [6, 6.07) is 9.70. The van der Waals surface area contributed by atoms with E-state index in [1.807, 2.05) is 35.2 Å². The van der Waals surface area contributed by atoms with Gasteiger partial charge in [-0.2, -0.15) is 0 Å². The average Bonchev–Trinajstić information content (AvgIpc) is 2.62. The molecule has 2 fully saturated rings. The third kappa shape index (κ3) is 4.45. The van der Waals surface area contributed by atoms with Gasteiger partial charge in [0.05, 0.1) is 13.0 Å². The predicted molar refractivity (Wildman–Crippen MR) is 88.5 cm³/mol. The van der Waals surface area contributed by atoms with Crippen molar-refractivity contribution >= 4 is 5.91 Å². The highest BCUT2D eigenvalue weighted by molar-refractivity contribution is 5.77. The fourth-order valence-corrected chi connectivity index (χ4v) is 3.23. The molecule has 0 aromatic heterocycles. The van der Waals surface area contributed by atoms with Crippen LogP contribution >= 0.6 is 0 Å². The summed E-state index contributed by atoms with van der Waals surface area (Å²) in [5, 5.41) is 3.34. The van der Waals surface area contributed by atoms with Gasteiger partial charge in [0.15, 0.2) is 0 Å². The summed E-state index contributed by atoms with van der Waals surface area (Å²) in [5.41, 5.74) is -0.567. The number of benzene rings is 1. The number of amides is 1. The normalized spacial score (nSPS) is 25.1. The van der Waals surface area contributed by atoms with E-state index in [0.29, 0.717) is 26.2 Å². The molecule has 1 atom stereocenters. The summed E-state index contributed by atoms with van der Waals surface area (Å²) in [5.74, 6) is 0.997. The van der Waals surface area contributed by atoms with Gasteiger partial charge >= 0.3 is 0 Å². The lowest BCUT2D eigenvalue weighted by Gasteiger charge is -2.38. The molecule has 23 heavy (non-hydrogen) atoms. The minimum atomic E-state index is -0.567. The second kappa shape index (κ2) is 7.79. The first-order valence-corrected chi connectivity index (χ1v) is 8.58. The lowest BCUT2D eigenvalue weighted by molar-refractivity contribution is -0.146. The summed E-state index contributed by atoms with van der Waals surface area (Å²) in [6.45, 7) is 4.24. The Morgan fingerprint density at radius 1 is 1.22 bits per heavy atom. The van der Waals surface area contributed by atoms with Gasteiger partial charge in [0.2, 0.25) is 5.91 Å². The van der Waals surface area contributed by atoms with Crippen molar-refractivity contribution in [2.45, 2.75) is 31.3 Å². The van der Waals surface area contributed by atoms with Crippen LogP contribution < -0.4 is 10.1 Å². The molecule has 0 bridgehead atoms. The van der Waals surface area contributed by atoms with Crippen LogP contribution in [-0.4, -0.2) is 55.8 Å². The Hall–Kier alpha value is -1.59. The third-order valence-corrected chi connectivity index (χ3v) is 4.56. The topological polar surface area (TPSA) is 50.8 Å². The number of nitrogens with one attached hydrogen (secondary N) is 1. The van der Waals surface area contributed by atoms with Crippen LogP contribution in [-0.2, 0) is 9.53 Å². The number of carbonyl (C=O) groups is 1. The molecule has 1 aromatic rings. The number of piperidine rings is 1. The molecule has 1 N–H and O–H groups in total. The van der Waals surface area contributed by atoms with Crippen molar-refractivity contribution in [3.8, 4) is 5.75 Å². The summed E-state index contributed by atoms with van der Waals surface area (Å²) in [4.78, 5) is 14.6. The third-order valence-electron chi connectivity index (χ3n) is 4.56. The van der Waals surface area contributed by atoms with Gasteiger partial charge in [-0.1, -0.05) is 18.2 Å². The number of likely N-dealkylation sites (tertiary alicyclic amines) is 1. The molecule has 126 valence electrons. The molecule has 0 saturated carbocycles. The lowest BCUT2D eigenvalue weighted by Crippen LogP contribution is -2.56. The fourth-order valence-electron chi connectivity index (χ4n) is 3.23. The van der Waals surface area contributed by atoms with Crippen molar-refractivity contribution in [2.24, 2.45) is 0 Å². The Labute approximate surface area is 137 Å². The molecular formula is C18H26N2O3. The molecule has 3 rings (SSSR count). The molecule has 0 radical (unpaired) electrons.